The van der Waals surface area contributed by atoms with Gasteiger partial charge in [0.2, 0.25) is 0 Å². The van der Waals surface area contributed by atoms with Crippen LogP contribution in [0, 0.1) is 5.92 Å². The number of ketones is 1. The third-order valence-corrected chi connectivity index (χ3v) is 7.20. The Kier molecular flexibility index (Phi) is 7.68. The van der Waals surface area contributed by atoms with E-state index in [1.54, 1.807) is 50.2 Å². The molecule has 2 N–H and O–H groups in total. The molecular weight excluding hydrogens is 551 g/mol. The van der Waals surface area contributed by atoms with E-state index in [9.17, 15) is 22.8 Å². The number of Topliss-reactive ketones (excluding diaryl/α,β-unsaturated/α-hetero) is 1. The summed E-state index contributed by atoms with van der Waals surface area (Å²) in [7, 11) is 3.01. The second-order valence-corrected chi connectivity index (χ2v) is 9.74. The van der Waals surface area contributed by atoms with Crippen LogP contribution in [0.5, 0.6) is 11.5 Å². The molecule has 0 saturated carbocycles. The molecule has 0 aliphatic carbocycles. The number of nitrogens with one attached hydrogen (secondary N) is 2. The first kappa shape index (κ1) is 28.7. The zero-order chi connectivity index (χ0) is 30.2. The maximum absolute atomic E-state index is 13.9. The summed E-state index contributed by atoms with van der Waals surface area (Å²) in [5, 5.41) is 3.11. The number of aromatic nitrogens is 1. The molecule has 0 bridgehead atoms. The number of ether oxygens (including phenoxy) is 3. The predicted molar refractivity (Wildman–Crippen MR) is 150 cm³/mol. The first-order valence-electron chi connectivity index (χ1n) is 13.1. The van der Waals surface area contributed by atoms with Gasteiger partial charge in [0.25, 0.3) is 0 Å². The van der Waals surface area contributed by atoms with Crippen LogP contribution in [0.2, 0.25) is 0 Å². The number of rotatable bonds is 7. The van der Waals surface area contributed by atoms with Crippen molar-refractivity contribution < 1.29 is 37.0 Å². The smallest absolute Gasteiger partial charge is 0.416 e. The van der Waals surface area contributed by atoms with E-state index in [4.69, 9.17) is 14.2 Å². The molecule has 2 unspecified atom stereocenters. The van der Waals surface area contributed by atoms with Crippen LogP contribution in [0.4, 0.5) is 13.2 Å². The molecule has 0 spiro atoms. The van der Waals surface area contributed by atoms with Crippen LogP contribution in [-0.4, -0.2) is 43.4 Å². The van der Waals surface area contributed by atoms with Gasteiger partial charge in [-0.05, 0) is 68.0 Å². The molecule has 0 radical (unpaired) electrons. The highest BCUT2D eigenvalue weighted by atomic mass is 19.4. The summed E-state index contributed by atoms with van der Waals surface area (Å²) in [6.07, 6.45) is -2.94. The lowest BCUT2D eigenvalue weighted by molar-refractivity contribution is -0.139. The molecule has 2 atom stereocenters. The van der Waals surface area contributed by atoms with Crippen molar-refractivity contribution in [3.63, 3.8) is 0 Å². The van der Waals surface area contributed by atoms with Crippen molar-refractivity contribution >= 4 is 23.7 Å². The average Bonchev–Trinajstić information content (AvgIpc) is 3.55. The Morgan fingerprint density at radius 2 is 1.83 bits per heavy atom. The molecule has 218 valence electrons. The number of aromatic amines is 1. The SMILES string of the molecule is CCOC(=O)C1=C(C)NC2=N/C(=C/c3ccc(-c4cccc(C(F)(F)F)c4)[nH]3)C(=O)C2C1c1cc(OC)ccc1OC. The van der Waals surface area contributed by atoms with Gasteiger partial charge in [-0.1, -0.05) is 12.1 Å². The van der Waals surface area contributed by atoms with E-state index in [0.717, 1.165) is 12.1 Å². The van der Waals surface area contributed by atoms with Crippen molar-refractivity contribution in [2.24, 2.45) is 10.9 Å². The fourth-order valence-corrected chi connectivity index (χ4v) is 5.30. The normalized spacial score (nSPS) is 19.4. The van der Waals surface area contributed by atoms with Crippen LogP contribution in [0.3, 0.4) is 0 Å². The lowest BCUT2D eigenvalue weighted by atomic mass is 9.74. The number of carbonyl (C=O) groups excluding carboxylic acids is 2. The predicted octanol–water partition coefficient (Wildman–Crippen LogP) is 5.88. The topological polar surface area (TPSA) is 102 Å². The van der Waals surface area contributed by atoms with Gasteiger partial charge in [-0.25, -0.2) is 9.79 Å². The van der Waals surface area contributed by atoms with E-state index in [1.807, 2.05) is 0 Å². The Morgan fingerprint density at radius 1 is 1.05 bits per heavy atom. The van der Waals surface area contributed by atoms with Gasteiger partial charge >= 0.3 is 12.1 Å². The summed E-state index contributed by atoms with van der Waals surface area (Å²) in [6.45, 7) is 3.55. The zero-order valence-corrected chi connectivity index (χ0v) is 23.3. The number of carbonyl (C=O) groups is 2. The van der Waals surface area contributed by atoms with Gasteiger partial charge in [0.1, 0.15) is 23.0 Å². The quantitative estimate of drug-likeness (QED) is 0.268. The molecule has 0 amide bonds. The minimum absolute atomic E-state index is 0.115. The lowest BCUT2D eigenvalue weighted by Crippen LogP contribution is -2.42. The van der Waals surface area contributed by atoms with Gasteiger partial charge in [-0.15, -0.1) is 0 Å². The molecule has 5 rings (SSSR count). The van der Waals surface area contributed by atoms with Gasteiger partial charge in [-0.3, -0.25) is 4.79 Å². The number of allylic oxidation sites excluding steroid dienone is 2. The number of hydrogen-bond acceptors (Lipinski definition) is 7. The molecule has 11 heteroatoms. The maximum Gasteiger partial charge on any atom is 0.416 e. The highest BCUT2D eigenvalue weighted by Crippen LogP contribution is 2.46. The second-order valence-electron chi connectivity index (χ2n) is 9.74. The summed E-state index contributed by atoms with van der Waals surface area (Å²) in [4.78, 5) is 34.8. The summed E-state index contributed by atoms with van der Waals surface area (Å²) in [6, 6.07) is 13.4. The Morgan fingerprint density at radius 3 is 2.52 bits per heavy atom. The summed E-state index contributed by atoms with van der Waals surface area (Å²) in [5.41, 5.74) is 1.93. The Labute approximate surface area is 239 Å². The van der Waals surface area contributed by atoms with E-state index in [1.165, 1.54) is 26.4 Å². The van der Waals surface area contributed by atoms with E-state index in [0.29, 0.717) is 45.5 Å². The molecule has 2 aromatic carbocycles. The first-order chi connectivity index (χ1) is 20.0. The Bertz CT molecular complexity index is 1650. The first-order valence-corrected chi connectivity index (χ1v) is 13.1. The summed E-state index contributed by atoms with van der Waals surface area (Å²) < 4.78 is 56.0. The van der Waals surface area contributed by atoms with Gasteiger partial charge in [0.05, 0.1) is 37.9 Å². The van der Waals surface area contributed by atoms with Gasteiger partial charge in [0, 0.05) is 28.6 Å². The highest BCUT2D eigenvalue weighted by Gasteiger charge is 2.48. The number of aliphatic imine (C=N–C) groups is 1. The zero-order valence-electron chi connectivity index (χ0n) is 23.3. The van der Waals surface area contributed by atoms with Gasteiger partial charge < -0.3 is 24.5 Å². The van der Waals surface area contributed by atoms with Gasteiger partial charge in [-0.2, -0.15) is 13.2 Å². The van der Waals surface area contributed by atoms with Crippen molar-refractivity contribution in [2.75, 3.05) is 20.8 Å². The fourth-order valence-electron chi connectivity index (χ4n) is 5.30. The number of methoxy groups -OCH3 is 2. The number of H-pyrrole nitrogens is 1. The van der Waals surface area contributed by atoms with Crippen molar-refractivity contribution in [3.8, 4) is 22.8 Å². The number of hydrogen-bond donors (Lipinski definition) is 2. The maximum atomic E-state index is 13.9. The third-order valence-electron chi connectivity index (χ3n) is 7.20. The van der Waals surface area contributed by atoms with E-state index < -0.39 is 29.5 Å². The van der Waals surface area contributed by atoms with E-state index in [2.05, 4.69) is 15.3 Å². The van der Waals surface area contributed by atoms with Crippen molar-refractivity contribution in [1.82, 2.24) is 10.3 Å². The van der Waals surface area contributed by atoms with Crippen LogP contribution in [0.25, 0.3) is 17.3 Å². The molecule has 0 saturated heterocycles. The molecule has 42 heavy (non-hydrogen) atoms. The third kappa shape index (κ3) is 5.29. The number of fused-ring (bicyclic) bond motifs is 1. The second kappa shape index (κ2) is 11.2. The standard InChI is InChI=1S/C31H28F3N3O5/c1-5-42-30(39)25-16(2)35-29-27(26(25)21-15-20(40-3)10-12-24(21)41-4)28(38)23(37-29)14-19-9-11-22(36-19)17-7-6-8-18(13-17)31(32,33)34/h6-15,26-27,36H,5H2,1-4H3,(H,35,37)/b23-14+. The monoisotopic (exact) mass is 579 g/mol. The summed E-state index contributed by atoms with van der Waals surface area (Å²) >= 11 is 0. The fraction of sp³-hybridized carbons (Fsp3) is 0.258. The number of benzene rings is 2. The number of alkyl halides is 3. The molecule has 2 aliphatic rings. The summed E-state index contributed by atoms with van der Waals surface area (Å²) in [5.74, 6) is -1.28. The Hall–Kier alpha value is -4.80. The van der Waals surface area contributed by atoms with Crippen molar-refractivity contribution in [1.29, 1.82) is 0 Å². The van der Waals surface area contributed by atoms with E-state index in [-0.39, 0.29) is 23.7 Å². The van der Waals surface area contributed by atoms with Gasteiger partial charge in [0.15, 0.2) is 5.78 Å². The molecular formula is C31H28F3N3O5. The molecule has 0 fully saturated rings. The minimum atomic E-state index is -4.47. The van der Waals surface area contributed by atoms with Crippen molar-refractivity contribution in [2.45, 2.75) is 25.9 Å². The average molecular weight is 580 g/mol. The Balaban J connectivity index is 1.55. The molecule has 3 heterocycles. The molecule has 8 nitrogen and oxygen atoms in total. The van der Waals surface area contributed by atoms with Crippen LogP contribution < -0.4 is 14.8 Å². The number of amidine groups is 1. The van der Waals surface area contributed by atoms with Crippen LogP contribution in [-0.2, 0) is 20.5 Å². The number of halogens is 3. The highest BCUT2D eigenvalue weighted by molar-refractivity contribution is 6.21. The van der Waals surface area contributed by atoms with Crippen LogP contribution >= 0.6 is 0 Å². The number of nitrogens with zero attached hydrogens (tertiary/aromatic N) is 1. The number of esters is 1. The molecule has 3 aromatic rings. The molecule has 1 aromatic heterocycles. The van der Waals surface area contributed by atoms with Crippen LogP contribution in [0.15, 0.2) is 76.6 Å². The largest absolute Gasteiger partial charge is 0.497 e. The van der Waals surface area contributed by atoms with Crippen molar-refractivity contribution in [3.05, 3.63) is 88.4 Å². The van der Waals surface area contributed by atoms with E-state index >= 15 is 0 Å². The van der Waals surface area contributed by atoms with Crippen LogP contribution in [0.1, 0.15) is 36.6 Å². The lowest BCUT2D eigenvalue weighted by Gasteiger charge is -2.33. The minimum Gasteiger partial charge on any atom is -0.497 e. The molecule has 2 aliphatic heterocycles.